The van der Waals surface area contributed by atoms with Crippen molar-refractivity contribution in [3.05, 3.63) is 70.4 Å². The number of benzene rings is 2. The third-order valence-electron chi connectivity index (χ3n) is 3.70. The summed E-state index contributed by atoms with van der Waals surface area (Å²) in [6.07, 6.45) is 2.37. The van der Waals surface area contributed by atoms with Gasteiger partial charge in [-0.3, -0.25) is 10.1 Å². The summed E-state index contributed by atoms with van der Waals surface area (Å²) in [5.74, 6) is 0. The van der Waals surface area contributed by atoms with E-state index in [1.807, 2.05) is 30.5 Å². The number of hydrogen-bond donors (Lipinski definition) is 2. The van der Waals surface area contributed by atoms with Crippen LogP contribution in [0.1, 0.15) is 5.56 Å². The largest absolute Gasteiger partial charge is 0.361 e. The number of H-pyrrole nitrogens is 1. The van der Waals surface area contributed by atoms with Crippen LogP contribution in [0.2, 0.25) is 0 Å². The van der Waals surface area contributed by atoms with Gasteiger partial charge in [-0.1, -0.05) is 24.3 Å². The Balaban J connectivity index is 1.71. The minimum Gasteiger partial charge on any atom is -0.361 e. The number of nitro groups is 1. The van der Waals surface area contributed by atoms with Crippen LogP contribution < -0.4 is 4.72 Å². The summed E-state index contributed by atoms with van der Waals surface area (Å²) >= 11 is 0. The number of nitro benzene ring substituents is 1. The average Bonchev–Trinajstić information content (AvgIpc) is 2.98. The first-order chi connectivity index (χ1) is 11.5. The predicted molar refractivity (Wildman–Crippen MR) is 90.3 cm³/mol. The quantitative estimate of drug-likeness (QED) is 0.529. The highest BCUT2D eigenvalue weighted by Crippen LogP contribution is 2.19. The van der Waals surface area contributed by atoms with Crippen LogP contribution in [0.5, 0.6) is 0 Å². The van der Waals surface area contributed by atoms with Gasteiger partial charge in [0.2, 0.25) is 10.0 Å². The van der Waals surface area contributed by atoms with Crippen LogP contribution in [0.25, 0.3) is 10.9 Å². The number of hydrogen-bond acceptors (Lipinski definition) is 4. The fraction of sp³-hybridized carbons (Fsp3) is 0.125. The van der Waals surface area contributed by atoms with E-state index in [-0.39, 0.29) is 17.1 Å². The first kappa shape index (κ1) is 16.2. The Morgan fingerprint density at radius 1 is 1.12 bits per heavy atom. The van der Waals surface area contributed by atoms with E-state index in [0.717, 1.165) is 22.5 Å². The first-order valence-corrected chi connectivity index (χ1v) is 8.75. The van der Waals surface area contributed by atoms with Gasteiger partial charge in [0, 0.05) is 35.8 Å². The molecular formula is C16H15N3O4S. The fourth-order valence-corrected chi connectivity index (χ4v) is 3.58. The molecule has 0 fully saturated rings. The number of para-hydroxylation sites is 1. The number of aromatic amines is 1. The molecule has 0 radical (unpaired) electrons. The summed E-state index contributed by atoms with van der Waals surface area (Å²) in [5.41, 5.74) is 1.75. The van der Waals surface area contributed by atoms with Gasteiger partial charge < -0.3 is 4.98 Å². The van der Waals surface area contributed by atoms with Gasteiger partial charge in [-0.25, -0.2) is 13.1 Å². The number of nitrogens with one attached hydrogen (secondary N) is 2. The molecule has 3 rings (SSSR count). The summed E-state index contributed by atoms with van der Waals surface area (Å²) in [6, 6.07) is 12.8. The van der Waals surface area contributed by atoms with Crippen molar-refractivity contribution in [1.82, 2.24) is 9.71 Å². The Bertz CT molecular complexity index is 995. The van der Waals surface area contributed by atoms with Crippen LogP contribution in [0.3, 0.4) is 0 Å². The van der Waals surface area contributed by atoms with Crippen LogP contribution >= 0.6 is 0 Å². The van der Waals surface area contributed by atoms with Gasteiger partial charge in [0.1, 0.15) is 0 Å². The normalized spacial score (nSPS) is 11.7. The Kier molecular flexibility index (Phi) is 4.32. The summed E-state index contributed by atoms with van der Waals surface area (Å²) < 4.78 is 27.0. The average molecular weight is 345 g/mol. The monoisotopic (exact) mass is 345 g/mol. The van der Waals surface area contributed by atoms with Crippen LogP contribution in [0.4, 0.5) is 5.69 Å². The van der Waals surface area contributed by atoms with Gasteiger partial charge in [0.15, 0.2) is 0 Å². The fourth-order valence-electron chi connectivity index (χ4n) is 2.51. The zero-order chi connectivity index (χ0) is 17.2. The van der Waals surface area contributed by atoms with Crippen molar-refractivity contribution >= 4 is 26.6 Å². The molecule has 2 aromatic carbocycles. The molecule has 0 aliphatic heterocycles. The smallest absolute Gasteiger partial charge is 0.270 e. The molecule has 0 amide bonds. The van der Waals surface area contributed by atoms with Gasteiger partial charge >= 0.3 is 0 Å². The maximum atomic E-state index is 12.3. The van der Waals surface area contributed by atoms with E-state index in [4.69, 9.17) is 0 Å². The van der Waals surface area contributed by atoms with Crippen molar-refractivity contribution in [3.8, 4) is 0 Å². The minimum absolute atomic E-state index is 0.115. The van der Waals surface area contributed by atoms with Crippen molar-refractivity contribution in [1.29, 1.82) is 0 Å². The molecule has 1 heterocycles. The van der Waals surface area contributed by atoms with Crippen molar-refractivity contribution < 1.29 is 13.3 Å². The third-order valence-corrected chi connectivity index (χ3v) is 5.16. The number of aromatic nitrogens is 1. The van der Waals surface area contributed by atoms with Crippen LogP contribution in [-0.2, 0) is 16.4 Å². The molecule has 0 unspecified atom stereocenters. The lowest BCUT2D eigenvalue weighted by Gasteiger charge is -2.06. The SMILES string of the molecule is O=[N+]([O-])c1cccc(S(=O)(=O)NCCc2c[nH]c3ccccc23)c1. The Labute approximate surface area is 138 Å². The highest BCUT2D eigenvalue weighted by atomic mass is 32.2. The molecule has 24 heavy (non-hydrogen) atoms. The molecule has 2 N–H and O–H groups in total. The Morgan fingerprint density at radius 2 is 1.92 bits per heavy atom. The maximum absolute atomic E-state index is 12.3. The third kappa shape index (κ3) is 3.29. The standard InChI is InChI=1S/C16H15N3O4S/c20-19(21)13-4-3-5-14(10-13)24(22,23)18-9-8-12-11-17-16-7-2-1-6-15(12)16/h1-7,10-11,17-18H,8-9H2. The van der Waals surface area contributed by atoms with E-state index < -0.39 is 14.9 Å². The first-order valence-electron chi connectivity index (χ1n) is 7.26. The molecule has 124 valence electrons. The molecule has 8 heteroatoms. The zero-order valence-electron chi connectivity index (χ0n) is 12.6. The van der Waals surface area contributed by atoms with Crippen LogP contribution in [0.15, 0.2) is 59.6 Å². The summed E-state index contributed by atoms with van der Waals surface area (Å²) in [5, 5.41) is 11.8. The highest BCUT2D eigenvalue weighted by Gasteiger charge is 2.17. The molecule has 7 nitrogen and oxygen atoms in total. The van der Waals surface area contributed by atoms with Crippen molar-refractivity contribution in [2.24, 2.45) is 0 Å². The van der Waals surface area contributed by atoms with Crippen molar-refractivity contribution in [2.75, 3.05) is 6.54 Å². The van der Waals surface area contributed by atoms with E-state index >= 15 is 0 Å². The van der Waals surface area contributed by atoms with Crippen molar-refractivity contribution in [3.63, 3.8) is 0 Å². The Morgan fingerprint density at radius 3 is 2.71 bits per heavy atom. The number of nitrogens with zero attached hydrogens (tertiary/aromatic N) is 1. The number of fused-ring (bicyclic) bond motifs is 1. The molecule has 3 aromatic rings. The van der Waals surface area contributed by atoms with Crippen LogP contribution in [-0.4, -0.2) is 24.9 Å². The number of sulfonamides is 1. The van der Waals surface area contributed by atoms with E-state index in [1.165, 1.54) is 18.2 Å². The van der Waals surface area contributed by atoms with E-state index in [9.17, 15) is 18.5 Å². The second kappa shape index (κ2) is 6.42. The molecule has 0 bridgehead atoms. The molecule has 1 aromatic heterocycles. The van der Waals surface area contributed by atoms with E-state index in [0.29, 0.717) is 6.42 Å². The molecule has 0 aliphatic carbocycles. The van der Waals surface area contributed by atoms with Gasteiger partial charge in [0.25, 0.3) is 5.69 Å². The second-order valence-electron chi connectivity index (χ2n) is 5.26. The molecule has 0 saturated heterocycles. The molecule has 0 aliphatic rings. The van der Waals surface area contributed by atoms with Gasteiger partial charge in [-0.05, 0) is 24.1 Å². The topological polar surface area (TPSA) is 105 Å². The lowest BCUT2D eigenvalue weighted by molar-refractivity contribution is -0.385. The van der Waals surface area contributed by atoms with Gasteiger partial charge in [0.05, 0.1) is 9.82 Å². The molecular weight excluding hydrogens is 330 g/mol. The lowest BCUT2D eigenvalue weighted by Crippen LogP contribution is -2.26. The van der Waals surface area contributed by atoms with Crippen molar-refractivity contribution in [2.45, 2.75) is 11.3 Å². The summed E-state index contributed by atoms with van der Waals surface area (Å²) in [4.78, 5) is 13.2. The minimum atomic E-state index is -3.79. The zero-order valence-corrected chi connectivity index (χ0v) is 13.4. The van der Waals surface area contributed by atoms with Gasteiger partial charge in [-0.2, -0.15) is 0 Å². The lowest BCUT2D eigenvalue weighted by atomic mass is 10.1. The summed E-state index contributed by atoms with van der Waals surface area (Å²) in [6.45, 7) is 0.201. The van der Waals surface area contributed by atoms with Gasteiger partial charge in [-0.15, -0.1) is 0 Å². The Hall–Kier alpha value is -2.71. The number of rotatable bonds is 6. The highest BCUT2D eigenvalue weighted by molar-refractivity contribution is 7.89. The van der Waals surface area contributed by atoms with E-state index in [1.54, 1.807) is 0 Å². The maximum Gasteiger partial charge on any atom is 0.270 e. The molecule has 0 atom stereocenters. The van der Waals surface area contributed by atoms with Crippen LogP contribution in [0, 0.1) is 10.1 Å². The molecule has 0 saturated carbocycles. The predicted octanol–water partition coefficient (Wildman–Crippen LogP) is 2.60. The summed E-state index contributed by atoms with van der Waals surface area (Å²) in [7, 11) is -3.79. The second-order valence-corrected chi connectivity index (χ2v) is 7.03. The molecule has 0 spiro atoms. The number of non-ortho nitro benzene ring substituents is 1. The van der Waals surface area contributed by atoms with E-state index in [2.05, 4.69) is 9.71 Å².